The van der Waals surface area contributed by atoms with Gasteiger partial charge in [0, 0.05) is 6.42 Å². The summed E-state index contributed by atoms with van der Waals surface area (Å²) in [5, 5.41) is 12.8. The lowest BCUT2D eigenvalue weighted by Gasteiger charge is -2.30. The fourth-order valence-corrected chi connectivity index (χ4v) is 2.72. The smallest absolute Gasteiger partial charge is 0.268 e. The first-order valence-corrected chi connectivity index (χ1v) is 10.3. The predicted molar refractivity (Wildman–Crippen MR) is 94.8 cm³/mol. The molecule has 0 aromatic rings. The Labute approximate surface area is 151 Å². The number of hydrogen-bond donors (Lipinski definition) is 2. The van der Waals surface area contributed by atoms with Gasteiger partial charge in [-0.25, -0.2) is 0 Å². The van der Waals surface area contributed by atoms with Gasteiger partial charge in [-0.15, -0.1) is 0 Å². The van der Waals surface area contributed by atoms with E-state index in [1.54, 1.807) is 6.92 Å². The average Bonchev–Trinajstić information content (AvgIpc) is 2.49. The molecule has 0 aromatic carbocycles. The number of rotatable bonds is 14. The maximum atomic E-state index is 11.8. The second-order valence-electron chi connectivity index (χ2n) is 7.18. The van der Waals surface area contributed by atoms with E-state index < -0.39 is 20.0 Å². The van der Waals surface area contributed by atoms with Crippen LogP contribution in [0.2, 0.25) is 0 Å². The molecule has 0 bridgehead atoms. The molecular formula is C16H35N2O6P. The van der Waals surface area contributed by atoms with E-state index in [0.717, 1.165) is 19.3 Å². The highest BCUT2D eigenvalue weighted by Crippen LogP contribution is 2.38. The molecular weight excluding hydrogens is 347 g/mol. The van der Waals surface area contributed by atoms with E-state index in [1.165, 1.54) is 0 Å². The van der Waals surface area contributed by atoms with Gasteiger partial charge in [0.2, 0.25) is 5.91 Å². The summed E-state index contributed by atoms with van der Waals surface area (Å²) in [6.07, 6.45) is 2.61. The minimum atomic E-state index is -4.48. The number of phosphoric ester groups is 1. The highest BCUT2D eigenvalue weighted by Gasteiger charge is 2.23. The van der Waals surface area contributed by atoms with Gasteiger partial charge in [-0.05, 0) is 6.42 Å². The third-order valence-electron chi connectivity index (χ3n) is 3.66. The Hall–Kier alpha value is -0.500. The van der Waals surface area contributed by atoms with Crippen molar-refractivity contribution in [2.75, 3.05) is 40.9 Å². The summed E-state index contributed by atoms with van der Waals surface area (Å²) in [4.78, 5) is 23.4. The Morgan fingerprint density at radius 2 is 1.88 bits per heavy atom. The molecule has 0 rings (SSSR count). The topological polar surface area (TPSA) is 108 Å². The van der Waals surface area contributed by atoms with E-state index in [4.69, 9.17) is 9.05 Å². The molecule has 8 nitrogen and oxygen atoms in total. The average molecular weight is 382 g/mol. The van der Waals surface area contributed by atoms with Crippen LogP contribution in [0, 0.1) is 0 Å². The number of nitrogens with one attached hydrogen (secondary N) is 1. The zero-order chi connectivity index (χ0) is 19.5. The van der Waals surface area contributed by atoms with Crippen LogP contribution in [0.4, 0.5) is 0 Å². The molecule has 1 amide bonds. The minimum Gasteiger partial charge on any atom is -0.756 e. The van der Waals surface area contributed by atoms with Gasteiger partial charge >= 0.3 is 0 Å². The minimum absolute atomic E-state index is 0.00924. The van der Waals surface area contributed by atoms with Crippen molar-refractivity contribution in [1.82, 2.24) is 5.32 Å². The highest BCUT2D eigenvalue weighted by molar-refractivity contribution is 7.45. The van der Waals surface area contributed by atoms with Crippen LogP contribution in [0.3, 0.4) is 0 Å². The molecule has 0 saturated carbocycles. The van der Waals surface area contributed by atoms with E-state index >= 15 is 0 Å². The van der Waals surface area contributed by atoms with Crippen LogP contribution in [-0.2, 0) is 18.4 Å². The van der Waals surface area contributed by atoms with E-state index in [0.29, 0.717) is 17.4 Å². The van der Waals surface area contributed by atoms with Crippen molar-refractivity contribution in [3.8, 4) is 0 Å². The van der Waals surface area contributed by atoms with Crippen molar-refractivity contribution < 1.29 is 32.9 Å². The predicted octanol–water partition coefficient (Wildman–Crippen LogP) is 1.03. The summed E-state index contributed by atoms with van der Waals surface area (Å²) in [7, 11) is 1.28. The number of likely N-dealkylation sites (N-methyl/N-ethyl adjacent to an activating group) is 1. The molecule has 3 atom stereocenters. The second-order valence-corrected chi connectivity index (χ2v) is 8.59. The zero-order valence-electron chi connectivity index (χ0n) is 16.2. The molecule has 2 N–H and O–H groups in total. The number of hydrogen-bond acceptors (Lipinski definition) is 6. The maximum absolute atomic E-state index is 11.8. The summed E-state index contributed by atoms with van der Waals surface area (Å²) in [6.45, 7) is 3.90. The van der Waals surface area contributed by atoms with Crippen molar-refractivity contribution in [2.45, 2.75) is 58.1 Å². The third-order valence-corrected chi connectivity index (χ3v) is 4.62. The number of carbonyl (C=O) groups excluding carboxylic acids is 1. The van der Waals surface area contributed by atoms with E-state index in [-0.39, 0.29) is 25.5 Å². The lowest BCUT2D eigenvalue weighted by molar-refractivity contribution is -0.870. The van der Waals surface area contributed by atoms with Crippen molar-refractivity contribution in [3.05, 3.63) is 0 Å². The SMILES string of the molecule is CCCCCC(O)C(COP(=O)([O-])OCC[N+](C)(C)C)NC(=O)CC. The van der Waals surface area contributed by atoms with Gasteiger partial charge in [0.15, 0.2) is 0 Å². The van der Waals surface area contributed by atoms with Crippen LogP contribution in [0.1, 0.15) is 46.0 Å². The summed E-state index contributed by atoms with van der Waals surface area (Å²) in [6, 6.07) is -0.784. The number of quaternary nitrogens is 1. The Kier molecular flexibility index (Phi) is 11.8. The molecule has 25 heavy (non-hydrogen) atoms. The molecule has 0 heterocycles. The van der Waals surface area contributed by atoms with Crippen LogP contribution >= 0.6 is 7.82 Å². The van der Waals surface area contributed by atoms with Gasteiger partial charge < -0.3 is 28.8 Å². The van der Waals surface area contributed by atoms with Gasteiger partial charge in [0.1, 0.15) is 13.2 Å². The second kappa shape index (κ2) is 12.0. The van der Waals surface area contributed by atoms with Crippen molar-refractivity contribution in [3.63, 3.8) is 0 Å². The molecule has 9 heteroatoms. The summed E-state index contributed by atoms with van der Waals surface area (Å²) in [5.74, 6) is -0.269. The van der Waals surface area contributed by atoms with Crippen LogP contribution < -0.4 is 10.2 Å². The van der Waals surface area contributed by atoms with Gasteiger partial charge in [-0.2, -0.15) is 0 Å². The number of nitrogens with zero attached hydrogens (tertiary/aromatic N) is 1. The quantitative estimate of drug-likeness (QED) is 0.264. The lowest BCUT2D eigenvalue weighted by atomic mass is 10.0. The Morgan fingerprint density at radius 3 is 2.40 bits per heavy atom. The molecule has 0 radical (unpaired) electrons. The Balaban J connectivity index is 4.56. The number of phosphoric acid groups is 1. The van der Waals surface area contributed by atoms with Crippen LogP contribution in [-0.4, -0.2) is 68.5 Å². The molecule has 0 aliphatic heterocycles. The first-order chi connectivity index (χ1) is 11.5. The number of aliphatic hydroxyl groups is 1. The maximum Gasteiger partial charge on any atom is 0.268 e. The molecule has 0 aliphatic rings. The van der Waals surface area contributed by atoms with Crippen molar-refractivity contribution in [1.29, 1.82) is 0 Å². The molecule has 0 aromatic heterocycles. The number of carbonyl (C=O) groups is 1. The largest absolute Gasteiger partial charge is 0.756 e. The Morgan fingerprint density at radius 1 is 1.24 bits per heavy atom. The first-order valence-electron chi connectivity index (χ1n) is 8.88. The molecule has 0 spiro atoms. The van der Waals surface area contributed by atoms with Crippen LogP contribution in [0.5, 0.6) is 0 Å². The normalized spacial score (nSPS) is 16.9. The zero-order valence-corrected chi connectivity index (χ0v) is 17.1. The summed E-state index contributed by atoms with van der Waals surface area (Å²) >= 11 is 0. The molecule has 0 saturated heterocycles. The molecule has 3 unspecified atom stereocenters. The lowest BCUT2D eigenvalue weighted by Crippen LogP contribution is -2.46. The van der Waals surface area contributed by atoms with Crippen LogP contribution in [0.15, 0.2) is 0 Å². The van der Waals surface area contributed by atoms with E-state index in [9.17, 15) is 19.4 Å². The van der Waals surface area contributed by atoms with Gasteiger partial charge in [-0.3, -0.25) is 9.36 Å². The highest BCUT2D eigenvalue weighted by atomic mass is 31.2. The summed E-state index contributed by atoms with van der Waals surface area (Å²) < 4.78 is 22.1. The molecule has 150 valence electrons. The van der Waals surface area contributed by atoms with Crippen molar-refractivity contribution in [2.24, 2.45) is 0 Å². The number of amides is 1. The van der Waals surface area contributed by atoms with Gasteiger partial charge in [0.25, 0.3) is 7.82 Å². The monoisotopic (exact) mass is 382 g/mol. The first kappa shape index (κ1) is 24.5. The number of unbranched alkanes of at least 4 members (excludes halogenated alkanes) is 2. The van der Waals surface area contributed by atoms with Gasteiger partial charge in [-0.1, -0.05) is 33.1 Å². The standard InChI is InChI=1S/C16H35N2O6P/c1-6-8-9-10-15(19)14(17-16(20)7-2)13-24-25(21,22)23-12-11-18(3,4)5/h14-15,19H,6-13H2,1-5H3,(H-,17,20,21,22). The number of aliphatic hydroxyl groups excluding tert-OH is 1. The molecule has 0 aliphatic carbocycles. The fraction of sp³-hybridized carbons (Fsp3) is 0.938. The van der Waals surface area contributed by atoms with E-state index in [1.807, 2.05) is 28.1 Å². The van der Waals surface area contributed by atoms with Gasteiger partial charge in [0.05, 0.1) is 39.9 Å². The third kappa shape index (κ3) is 13.4. The molecule has 0 fully saturated rings. The van der Waals surface area contributed by atoms with E-state index in [2.05, 4.69) is 5.32 Å². The van der Waals surface area contributed by atoms with Crippen LogP contribution in [0.25, 0.3) is 0 Å². The van der Waals surface area contributed by atoms with Crippen molar-refractivity contribution >= 4 is 13.7 Å². The Bertz CT molecular complexity index is 427. The summed E-state index contributed by atoms with van der Waals surface area (Å²) in [5.41, 5.74) is 0. The fourth-order valence-electron chi connectivity index (χ4n) is 2.00.